The van der Waals surface area contributed by atoms with Crippen LogP contribution in [0.2, 0.25) is 0 Å². The number of anilines is 2. The van der Waals surface area contributed by atoms with Crippen molar-refractivity contribution in [3.05, 3.63) is 49.3 Å². The van der Waals surface area contributed by atoms with Crippen LogP contribution in [0.1, 0.15) is 10.4 Å². The molecule has 0 saturated heterocycles. The zero-order valence-corrected chi connectivity index (χ0v) is 14.7. The third-order valence-electron chi connectivity index (χ3n) is 2.53. The second-order valence-corrected chi connectivity index (χ2v) is 6.65. The van der Waals surface area contributed by atoms with Crippen LogP contribution in [-0.2, 0) is 0 Å². The number of nitrogens with two attached hydrogens (primary N) is 1. The molecule has 104 valence electrons. The lowest BCUT2D eigenvalue weighted by atomic mass is 10.2. The summed E-state index contributed by atoms with van der Waals surface area (Å²) in [7, 11) is 0. The van der Waals surface area contributed by atoms with Crippen LogP contribution in [0.25, 0.3) is 0 Å². The van der Waals surface area contributed by atoms with Crippen molar-refractivity contribution in [2.24, 2.45) is 0 Å². The minimum Gasteiger partial charge on any atom is -0.507 e. The van der Waals surface area contributed by atoms with Gasteiger partial charge in [-0.15, -0.1) is 0 Å². The number of halogens is 3. The van der Waals surface area contributed by atoms with Crippen LogP contribution in [0, 0.1) is 0 Å². The summed E-state index contributed by atoms with van der Waals surface area (Å²) in [6.45, 7) is 0. The van der Waals surface area contributed by atoms with E-state index in [1.54, 1.807) is 18.2 Å². The molecular formula is C13H9Br3N2O2. The number of aromatic hydroxyl groups is 1. The Morgan fingerprint density at radius 2 is 1.80 bits per heavy atom. The minimum absolute atomic E-state index is 0.108. The highest BCUT2D eigenvalue weighted by molar-refractivity contribution is 9.11. The molecule has 1 amide bonds. The Bertz CT molecular complexity index is 666. The Morgan fingerprint density at radius 1 is 1.10 bits per heavy atom. The van der Waals surface area contributed by atoms with Crippen molar-refractivity contribution in [3.63, 3.8) is 0 Å². The van der Waals surface area contributed by atoms with E-state index in [9.17, 15) is 9.90 Å². The fourth-order valence-corrected chi connectivity index (χ4v) is 3.31. The molecule has 4 nitrogen and oxygen atoms in total. The topological polar surface area (TPSA) is 75.3 Å². The Labute approximate surface area is 140 Å². The molecule has 0 heterocycles. The van der Waals surface area contributed by atoms with Crippen LogP contribution in [0.15, 0.2) is 43.7 Å². The first-order valence-electron chi connectivity index (χ1n) is 5.43. The van der Waals surface area contributed by atoms with Crippen molar-refractivity contribution in [3.8, 4) is 5.75 Å². The highest BCUT2D eigenvalue weighted by Crippen LogP contribution is 2.33. The van der Waals surface area contributed by atoms with Gasteiger partial charge < -0.3 is 16.2 Å². The van der Waals surface area contributed by atoms with E-state index in [0.717, 1.165) is 4.47 Å². The van der Waals surface area contributed by atoms with Gasteiger partial charge in [0.1, 0.15) is 5.75 Å². The van der Waals surface area contributed by atoms with E-state index < -0.39 is 5.91 Å². The SMILES string of the molecule is Nc1cc(Br)cc(Br)c1NC(=O)c1ccc(Br)cc1O. The maximum atomic E-state index is 12.2. The van der Waals surface area contributed by atoms with Gasteiger partial charge in [-0.1, -0.05) is 31.9 Å². The van der Waals surface area contributed by atoms with E-state index in [-0.39, 0.29) is 11.3 Å². The third-order valence-corrected chi connectivity index (χ3v) is 4.10. The summed E-state index contributed by atoms with van der Waals surface area (Å²) >= 11 is 9.86. The number of nitrogen functional groups attached to an aromatic ring is 1. The van der Waals surface area contributed by atoms with Crippen molar-refractivity contribution < 1.29 is 9.90 Å². The van der Waals surface area contributed by atoms with Gasteiger partial charge in [-0.3, -0.25) is 4.79 Å². The summed E-state index contributed by atoms with van der Waals surface area (Å²) in [5, 5.41) is 12.5. The fraction of sp³-hybridized carbons (Fsp3) is 0. The lowest BCUT2D eigenvalue weighted by molar-refractivity contribution is 0.102. The fourth-order valence-electron chi connectivity index (χ4n) is 1.60. The summed E-state index contributed by atoms with van der Waals surface area (Å²) in [5.74, 6) is -0.548. The summed E-state index contributed by atoms with van der Waals surface area (Å²) in [6, 6.07) is 8.11. The zero-order chi connectivity index (χ0) is 14.9. The van der Waals surface area contributed by atoms with Gasteiger partial charge in [0.2, 0.25) is 0 Å². The predicted molar refractivity (Wildman–Crippen MR) is 90.0 cm³/mol. The van der Waals surface area contributed by atoms with Crippen LogP contribution in [0.4, 0.5) is 11.4 Å². The standard InChI is InChI=1S/C13H9Br3N2O2/c14-6-1-2-8(11(19)5-6)13(20)18-12-9(16)3-7(15)4-10(12)17/h1-5,19H,17H2,(H,18,20). The van der Waals surface area contributed by atoms with E-state index in [4.69, 9.17) is 5.73 Å². The molecule has 0 atom stereocenters. The summed E-state index contributed by atoms with van der Waals surface area (Å²) in [6.07, 6.45) is 0. The smallest absolute Gasteiger partial charge is 0.259 e. The average molecular weight is 465 g/mol. The molecule has 2 rings (SSSR count). The Morgan fingerprint density at radius 3 is 2.40 bits per heavy atom. The molecule has 0 fully saturated rings. The monoisotopic (exact) mass is 462 g/mol. The van der Waals surface area contributed by atoms with Crippen molar-refractivity contribution in [2.45, 2.75) is 0 Å². The first-order valence-corrected chi connectivity index (χ1v) is 7.81. The molecule has 0 aliphatic rings. The number of carbonyl (C=O) groups excluding carboxylic acids is 1. The molecule has 0 aliphatic carbocycles. The summed E-state index contributed by atoms with van der Waals surface area (Å²) in [4.78, 5) is 12.2. The molecule has 0 aromatic heterocycles. The second-order valence-electron chi connectivity index (χ2n) is 3.97. The van der Waals surface area contributed by atoms with Gasteiger partial charge >= 0.3 is 0 Å². The Hall–Kier alpha value is -1.05. The van der Waals surface area contributed by atoms with Gasteiger partial charge in [0, 0.05) is 13.4 Å². The third kappa shape index (κ3) is 3.34. The molecular weight excluding hydrogens is 456 g/mol. The number of phenolic OH excluding ortho intramolecular Hbond substituents is 1. The number of amides is 1. The van der Waals surface area contributed by atoms with Crippen LogP contribution in [0.3, 0.4) is 0 Å². The van der Waals surface area contributed by atoms with Crippen molar-refractivity contribution in [2.75, 3.05) is 11.1 Å². The van der Waals surface area contributed by atoms with Crippen molar-refractivity contribution >= 4 is 65.1 Å². The molecule has 7 heteroatoms. The number of phenols is 1. The average Bonchev–Trinajstić information content (AvgIpc) is 2.33. The maximum absolute atomic E-state index is 12.2. The van der Waals surface area contributed by atoms with Gasteiger partial charge in [-0.05, 0) is 46.3 Å². The van der Waals surface area contributed by atoms with E-state index in [1.165, 1.54) is 12.1 Å². The second kappa shape index (κ2) is 6.15. The van der Waals surface area contributed by atoms with E-state index >= 15 is 0 Å². The van der Waals surface area contributed by atoms with Crippen LogP contribution < -0.4 is 11.1 Å². The van der Waals surface area contributed by atoms with E-state index in [0.29, 0.717) is 20.3 Å². The number of hydrogen-bond acceptors (Lipinski definition) is 3. The van der Waals surface area contributed by atoms with E-state index in [2.05, 4.69) is 53.1 Å². The highest BCUT2D eigenvalue weighted by Gasteiger charge is 2.15. The predicted octanol–water partition coefficient (Wildman–Crippen LogP) is 4.51. The van der Waals surface area contributed by atoms with Gasteiger partial charge in [-0.25, -0.2) is 0 Å². The molecule has 0 aliphatic heterocycles. The molecule has 0 radical (unpaired) electrons. The quantitative estimate of drug-likeness (QED) is 0.572. The molecule has 0 saturated carbocycles. The van der Waals surface area contributed by atoms with Gasteiger partial charge in [-0.2, -0.15) is 0 Å². The number of carbonyl (C=O) groups is 1. The van der Waals surface area contributed by atoms with Crippen LogP contribution in [-0.4, -0.2) is 11.0 Å². The normalized spacial score (nSPS) is 10.3. The van der Waals surface area contributed by atoms with Gasteiger partial charge in [0.15, 0.2) is 0 Å². The van der Waals surface area contributed by atoms with Crippen molar-refractivity contribution in [1.29, 1.82) is 0 Å². The molecule has 20 heavy (non-hydrogen) atoms. The number of rotatable bonds is 2. The molecule has 4 N–H and O–H groups in total. The Balaban J connectivity index is 2.33. The number of hydrogen-bond donors (Lipinski definition) is 3. The van der Waals surface area contributed by atoms with Gasteiger partial charge in [0.25, 0.3) is 5.91 Å². The molecule has 0 bridgehead atoms. The molecule has 2 aromatic rings. The van der Waals surface area contributed by atoms with Gasteiger partial charge in [0.05, 0.1) is 16.9 Å². The Kier molecular flexibility index (Phi) is 4.72. The largest absolute Gasteiger partial charge is 0.507 e. The lowest BCUT2D eigenvalue weighted by Gasteiger charge is -2.12. The van der Waals surface area contributed by atoms with Crippen LogP contribution >= 0.6 is 47.8 Å². The first kappa shape index (κ1) is 15.3. The minimum atomic E-state index is -0.440. The highest BCUT2D eigenvalue weighted by atomic mass is 79.9. The summed E-state index contributed by atoms with van der Waals surface area (Å²) in [5.41, 5.74) is 6.91. The molecule has 0 unspecified atom stereocenters. The molecule has 0 spiro atoms. The van der Waals surface area contributed by atoms with E-state index in [1.807, 2.05) is 0 Å². The number of benzene rings is 2. The van der Waals surface area contributed by atoms with Crippen molar-refractivity contribution in [1.82, 2.24) is 0 Å². The first-order chi connectivity index (χ1) is 9.38. The summed E-state index contributed by atoms with van der Waals surface area (Å²) < 4.78 is 2.14. The maximum Gasteiger partial charge on any atom is 0.259 e. The lowest BCUT2D eigenvalue weighted by Crippen LogP contribution is -2.14. The van der Waals surface area contributed by atoms with Crippen LogP contribution in [0.5, 0.6) is 5.75 Å². The zero-order valence-electron chi connectivity index (χ0n) is 9.95. The number of nitrogens with one attached hydrogen (secondary N) is 1. The molecule has 2 aromatic carbocycles.